The molecule has 146 valence electrons. The van der Waals surface area contributed by atoms with Crippen LogP contribution >= 0.6 is 0 Å². The minimum absolute atomic E-state index is 0.150. The summed E-state index contributed by atoms with van der Waals surface area (Å²) in [6, 6.07) is 25.5. The zero-order valence-electron chi connectivity index (χ0n) is 16.2. The fraction of sp³-hybridized carbons (Fsp3) is 0.160. The van der Waals surface area contributed by atoms with Crippen LogP contribution in [0.25, 0.3) is 11.1 Å². The smallest absolute Gasteiger partial charge is 0.317 e. The van der Waals surface area contributed by atoms with E-state index in [1.807, 2.05) is 42.5 Å². The van der Waals surface area contributed by atoms with E-state index in [-0.39, 0.29) is 18.8 Å². The van der Waals surface area contributed by atoms with Crippen molar-refractivity contribution in [1.82, 2.24) is 0 Å². The number of hydrogen-bond donors (Lipinski definition) is 0. The van der Waals surface area contributed by atoms with E-state index in [0.29, 0.717) is 11.1 Å². The number of ether oxygens (including phenoxy) is 1. The van der Waals surface area contributed by atoms with Crippen LogP contribution in [0.1, 0.15) is 34.1 Å². The van der Waals surface area contributed by atoms with E-state index in [2.05, 4.69) is 0 Å². The zero-order chi connectivity index (χ0) is 20.6. The van der Waals surface area contributed by atoms with Crippen molar-refractivity contribution in [2.75, 3.05) is 6.61 Å². The molecule has 0 N–H and O–H groups in total. The van der Waals surface area contributed by atoms with Gasteiger partial charge in [-0.3, -0.25) is 14.4 Å². The average molecular weight is 386 g/mol. The van der Waals surface area contributed by atoms with E-state index in [4.69, 9.17) is 4.74 Å². The number of Topliss-reactive ketones (excluding diaryl/α,β-unsaturated/α-hetero) is 2. The molecule has 4 heteroatoms. The summed E-state index contributed by atoms with van der Waals surface area (Å²) in [7, 11) is 0. The van der Waals surface area contributed by atoms with E-state index in [9.17, 15) is 14.4 Å². The molecule has 0 radical (unpaired) electrons. The molecule has 0 aliphatic rings. The molecule has 3 aromatic carbocycles. The molecule has 0 amide bonds. The van der Waals surface area contributed by atoms with Gasteiger partial charge in [0, 0.05) is 17.5 Å². The SMILES string of the molecule is CCOC(=O)C(CC(=O)c1ccc(-c2ccccc2)cc1)C(=O)c1ccccc1. The van der Waals surface area contributed by atoms with Crippen molar-refractivity contribution in [3.8, 4) is 11.1 Å². The number of esters is 1. The molecular weight excluding hydrogens is 364 g/mol. The summed E-state index contributed by atoms with van der Waals surface area (Å²) in [6.07, 6.45) is -0.225. The van der Waals surface area contributed by atoms with Crippen LogP contribution in [-0.2, 0) is 9.53 Å². The lowest BCUT2D eigenvalue weighted by molar-refractivity contribution is -0.146. The lowest BCUT2D eigenvalue weighted by Gasteiger charge is -2.14. The van der Waals surface area contributed by atoms with Crippen molar-refractivity contribution in [3.05, 3.63) is 96.1 Å². The third kappa shape index (κ3) is 5.05. The van der Waals surface area contributed by atoms with Crippen LogP contribution in [0.2, 0.25) is 0 Å². The summed E-state index contributed by atoms with van der Waals surface area (Å²) in [4.78, 5) is 38.0. The highest BCUT2D eigenvalue weighted by atomic mass is 16.5. The maximum atomic E-state index is 12.8. The van der Waals surface area contributed by atoms with Crippen LogP contribution in [0.4, 0.5) is 0 Å². The second-order valence-corrected chi connectivity index (χ2v) is 6.61. The third-order valence-electron chi connectivity index (χ3n) is 4.65. The fourth-order valence-corrected chi connectivity index (χ4v) is 3.11. The monoisotopic (exact) mass is 386 g/mol. The summed E-state index contributed by atoms with van der Waals surface area (Å²) in [5, 5.41) is 0. The Hall–Kier alpha value is -3.53. The van der Waals surface area contributed by atoms with Crippen LogP contribution in [0.3, 0.4) is 0 Å². The van der Waals surface area contributed by atoms with Crippen LogP contribution in [0.5, 0.6) is 0 Å². The van der Waals surface area contributed by atoms with Gasteiger partial charge in [0.05, 0.1) is 6.61 Å². The van der Waals surface area contributed by atoms with Crippen molar-refractivity contribution >= 4 is 17.5 Å². The lowest BCUT2D eigenvalue weighted by atomic mass is 9.90. The van der Waals surface area contributed by atoms with E-state index in [1.54, 1.807) is 49.4 Å². The normalized spacial score (nSPS) is 11.5. The summed E-state index contributed by atoms with van der Waals surface area (Å²) in [5.74, 6) is -2.50. The molecule has 0 fully saturated rings. The van der Waals surface area contributed by atoms with E-state index in [1.165, 1.54) is 0 Å². The van der Waals surface area contributed by atoms with Gasteiger partial charge in [0.2, 0.25) is 0 Å². The molecule has 0 bridgehead atoms. The van der Waals surface area contributed by atoms with Gasteiger partial charge in [0.25, 0.3) is 0 Å². The van der Waals surface area contributed by atoms with Crippen molar-refractivity contribution in [2.45, 2.75) is 13.3 Å². The number of hydrogen-bond acceptors (Lipinski definition) is 4. The first kappa shape index (κ1) is 20.2. The number of benzene rings is 3. The van der Waals surface area contributed by atoms with Gasteiger partial charge in [-0.15, -0.1) is 0 Å². The Labute approximate surface area is 170 Å². The van der Waals surface area contributed by atoms with Crippen LogP contribution < -0.4 is 0 Å². The molecule has 0 aromatic heterocycles. The van der Waals surface area contributed by atoms with Gasteiger partial charge in [-0.05, 0) is 18.1 Å². The van der Waals surface area contributed by atoms with E-state index >= 15 is 0 Å². The molecule has 1 atom stereocenters. The molecule has 0 saturated carbocycles. The maximum Gasteiger partial charge on any atom is 0.317 e. The Bertz CT molecular complexity index is 976. The highest BCUT2D eigenvalue weighted by Gasteiger charge is 2.31. The zero-order valence-corrected chi connectivity index (χ0v) is 16.2. The summed E-state index contributed by atoms with van der Waals surface area (Å²) in [6.45, 7) is 1.82. The molecular formula is C25H22O4. The Morgan fingerprint density at radius 2 is 1.28 bits per heavy atom. The maximum absolute atomic E-state index is 12.8. The van der Waals surface area contributed by atoms with Crippen molar-refractivity contribution in [2.24, 2.45) is 5.92 Å². The predicted octanol–water partition coefficient (Wildman–Crippen LogP) is 4.99. The van der Waals surface area contributed by atoms with Crippen LogP contribution in [0.15, 0.2) is 84.9 Å². The molecule has 3 rings (SSSR count). The van der Waals surface area contributed by atoms with Crippen LogP contribution in [-0.4, -0.2) is 24.1 Å². The summed E-state index contributed by atoms with van der Waals surface area (Å²) < 4.78 is 5.05. The summed E-state index contributed by atoms with van der Waals surface area (Å²) in [5.41, 5.74) is 2.89. The Morgan fingerprint density at radius 3 is 1.86 bits per heavy atom. The second-order valence-electron chi connectivity index (χ2n) is 6.61. The summed E-state index contributed by atoms with van der Waals surface area (Å²) >= 11 is 0. The first-order valence-corrected chi connectivity index (χ1v) is 9.54. The molecule has 0 spiro atoms. The van der Waals surface area contributed by atoms with E-state index in [0.717, 1.165) is 11.1 Å². The van der Waals surface area contributed by atoms with Crippen molar-refractivity contribution in [3.63, 3.8) is 0 Å². The molecule has 4 nitrogen and oxygen atoms in total. The van der Waals surface area contributed by atoms with E-state index < -0.39 is 17.7 Å². The second kappa shape index (κ2) is 9.60. The number of rotatable bonds is 8. The third-order valence-corrected chi connectivity index (χ3v) is 4.65. The predicted molar refractivity (Wildman–Crippen MR) is 112 cm³/mol. The number of carbonyl (C=O) groups is 3. The number of carbonyl (C=O) groups excluding carboxylic acids is 3. The molecule has 1 unspecified atom stereocenters. The Kier molecular flexibility index (Phi) is 6.69. The topological polar surface area (TPSA) is 60.4 Å². The van der Waals surface area contributed by atoms with Gasteiger partial charge >= 0.3 is 5.97 Å². The average Bonchev–Trinajstić information content (AvgIpc) is 2.78. The highest BCUT2D eigenvalue weighted by Crippen LogP contribution is 2.22. The molecule has 0 aliphatic heterocycles. The fourth-order valence-electron chi connectivity index (χ4n) is 3.11. The molecule has 0 saturated heterocycles. The van der Waals surface area contributed by atoms with Gasteiger partial charge in [0.1, 0.15) is 5.92 Å². The van der Waals surface area contributed by atoms with Gasteiger partial charge < -0.3 is 4.74 Å². The molecule has 3 aromatic rings. The van der Waals surface area contributed by atoms with Gasteiger partial charge in [-0.2, -0.15) is 0 Å². The van der Waals surface area contributed by atoms with Crippen LogP contribution in [0, 0.1) is 5.92 Å². The minimum Gasteiger partial charge on any atom is -0.465 e. The first-order chi connectivity index (χ1) is 14.1. The van der Waals surface area contributed by atoms with Gasteiger partial charge in [-0.1, -0.05) is 84.9 Å². The lowest BCUT2D eigenvalue weighted by Crippen LogP contribution is -2.29. The first-order valence-electron chi connectivity index (χ1n) is 9.54. The number of ketones is 2. The Balaban J connectivity index is 1.79. The van der Waals surface area contributed by atoms with Crippen molar-refractivity contribution in [1.29, 1.82) is 0 Å². The minimum atomic E-state index is -1.15. The Morgan fingerprint density at radius 1 is 0.724 bits per heavy atom. The van der Waals surface area contributed by atoms with Gasteiger partial charge in [0.15, 0.2) is 11.6 Å². The quantitative estimate of drug-likeness (QED) is 0.311. The molecule has 29 heavy (non-hydrogen) atoms. The molecule has 0 heterocycles. The standard InChI is InChI=1S/C25H22O4/c1-2-29-25(28)22(24(27)21-11-7-4-8-12-21)17-23(26)20-15-13-19(14-16-20)18-9-5-3-6-10-18/h3-16,22H,2,17H2,1H3. The highest BCUT2D eigenvalue weighted by molar-refractivity contribution is 6.12. The van der Waals surface area contributed by atoms with Crippen molar-refractivity contribution < 1.29 is 19.1 Å². The molecule has 0 aliphatic carbocycles. The largest absolute Gasteiger partial charge is 0.465 e. The van der Waals surface area contributed by atoms with Gasteiger partial charge in [-0.25, -0.2) is 0 Å².